The number of benzene rings is 3. The number of nitrogens with one attached hydrogen (secondary N) is 3. The Morgan fingerprint density at radius 2 is 1.88 bits per heavy atom. The Morgan fingerprint density at radius 3 is 2.66 bits per heavy atom. The number of allylic oxidation sites excluding steroid dienone is 1. The molecule has 2 fully saturated rings. The maximum absolute atomic E-state index is 13.9. The largest absolute Gasteiger partial charge is 0.455 e. The van der Waals surface area contributed by atoms with E-state index in [1.807, 2.05) is 12.1 Å². The van der Waals surface area contributed by atoms with Crippen molar-refractivity contribution >= 4 is 43.9 Å². The number of hydrogen-bond acceptors (Lipinski definition) is 10. The number of ether oxygens (including phenoxy) is 2. The van der Waals surface area contributed by atoms with Gasteiger partial charge in [-0.15, -0.1) is 0 Å². The molecule has 2 saturated heterocycles. The minimum absolute atomic E-state index is 0.0187. The van der Waals surface area contributed by atoms with Crippen LogP contribution in [0.15, 0.2) is 96.2 Å². The van der Waals surface area contributed by atoms with Gasteiger partial charge in [-0.3, -0.25) is 19.8 Å². The number of aromatic nitrogens is 2. The van der Waals surface area contributed by atoms with E-state index in [0.29, 0.717) is 49.0 Å². The van der Waals surface area contributed by atoms with E-state index in [9.17, 15) is 23.3 Å². The molecule has 0 bridgehead atoms. The number of nitrogens with zero attached hydrogens (tertiary/aromatic N) is 3. The topological polar surface area (TPSA) is 169 Å². The van der Waals surface area contributed by atoms with Crippen molar-refractivity contribution < 1.29 is 27.6 Å². The Hall–Kier alpha value is -5.57. The van der Waals surface area contributed by atoms with Crippen LogP contribution in [0.3, 0.4) is 0 Å². The maximum atomic E-state index is 13.9. The number of likely N-dealkylation sites (tertiary alicyclic amines) is 1. The molecule has 1 unspecified atom stereocenters. The molecule has 2 aliphatic heterocycles. The number of carbonyl (C=O) groups is 1. The predicted molar refractivity (Wildman–Crippen MR) is 227 cm³/mol. The molecule has 5 aromatic rings. The van der Waals surface area contributed by atoms with Gasteiger partial charge in [-0.2, -0.15) is 0 Å². The minimum Gasteiger partial charge on any atom is -0.455 e. The first kappa shape index (κ1) is 40.2. The smallest absolute Gasteiger partial charge is 0.293 e. The number of sulfonamides is 1. The first-order valence-corrected chi connectivity index (χ1v) is 21.9. The van der Waals surface area contributed by atoms with Crippen LogP contribution in [0.5, 0.6) is 11.5 Å². The second kappa shape index (κ2) is 17.3. The van der Waals surface area contributed by atoms with E-state index < -0.39 is 31.4 Å². The predicted octanol–water partition coefficient (Wildman–Crippen LogP) is 8.77. The van der Waals surface area contributed by atoms with Crippen LogP contribution in [0.4, 0.5) is 11.4 Å². The van der Waals surface area contributed by atoms with Crippen molar-refractivity contribution in [3.8, 4) is 11.5 Å². The maximum Gasteiger partial charge on any atom is 0.293 e. The molecule has 59 heavy (non-hydrogen) atoms. The second-order valence-corrected chi connectivity index (χ2v) is 17.8. The van der Waals surface area contributed by atoms with Crippen LogP contribution in [0, 0.1) is 16.0 Å². The van der Waals surface area contributed by atoms with Crippen LogP contribution in [0.2, 0.25) is 0 Å². The van der Waals surface area contributed by atoms with E-state index >= 15 is 0 Å². The molecule has 14 heteroatoms. The Labute approximate surface area is 344 Å². The summed E-state index contributed by atoms with van der Waals surface area (Å²) in [6.07, 6.45) is 11.1. The summed E-state index contributed by atoms with van der Waals surface area (Å²) in [7, 11) is -4.54. The number of carbonyl (C=O) groups excluding carboxylic acids is 1. The van der Waals surface area contributed by atoms with E-state index in [4.69, 9.17) is 9.47 Å². The summed E-state index contributed by atoms with van der Waals surface area (Å²) in [4.78, 5) is 35.0. The molecule has 2 aromatic heterocycles. The molecule has 0 spiro atoms. The van der Waals surface area contributed by atoms with Crippen LogP contribution >= 0.6 is 0 Å². The molecule has 1 amide bonds. The van der Waals surface area contributed by atoms with Crippen LogP contribution < -0.4 is 14.8 Å². The Kier molecular flexibility index (Phi) is 11.8. The zero-order valence-corrected chi connectivity index (χ0v) is 34.2. The molecule has 3 N–H and O–H groups in total. The third-order valence-electron chi connectivity index (χ3n) is 12.0. The van der Waals surface area contributed by atoms with Crippen molar-refractivity contribution in [3.63, 3.8) is 0 Å². The van der Waals surface area contributed by atoms with E-state index in [2.05, 4.69) is 69.1 Å². The lowest BCUT2D eigenvalue weighted by molar-refractivity contribution is -0.384. The van der Waals surface area contributed by atoms with Crippen molar-refractivity contribution in [2.45, 2.75) is 75.1 Å². The van der Waals surface area contributed by atoms with Crippen molar-refractivity contribution in [1.29, 1.82) is 0 Å². The zero-order valence-electron chi connectivity index (χ0n) is 33.4. The highest BCUT2D eigenvalue weighted by atomic mass is 32.2. The van der Waals surface area contributed by atoms with Gasteiger partial charge in [-0.25, -0.2) is 18.1 Å². The fourth-order valence-electron chi connectivity index (χ4n) is 8.71. The number of fused-ring (bicyclic) bond motifs is 1. The van der Waals surface area contributed by atoms with Crippen LogP contribution in [-0.4, -0.2) is 73.0 Å². The van der Waals surface area contributed by atoms with Crippen molar-refractivity contribution in [2.75, 3.05) is 38.2 Å². The summed E-state index contributed by atoms with van der Waals surface area (Å²) in [6, 6.07) is 21.7. The lowest BCUT2D eigenvalue weighted by Gasteiger charge is -2.31. The number of rotatable bonds is 13. The SMILES string of the molecule is CC(C)c1ccccc1[C@H]1CCN(C2CC=C(c3ccc(C(=O)NS(=O)(=O)c4ccc(NCC5CCOCC5)c([N+](=O)[O-])c4)c(Oc4cnc5[nH]ccc5c4)c3)CC2)C1. The molecular formula is C45H50N6O7S. The van der Waals surface area contributed by atoms with Crippen LogP contribution in [-0.2, 0) is 14.8 Å². The van der Waals surface area contributed by atoms with E-state index in [0.717, 1.165) is 74.2 Å². The number of hydrogen-bond donors (Lipinski definition) is 3. The number of nitro groups is 1. The molecule has 1 aliphatic carbocycles. The van der Waals surface area contributed by atoms with Crippen LogP contribution in [0.1, 0.15) is 91.3 Å². The van der Waals surface area contributed by atoms with Gasteiger partial charge in [-0.1, -0.05) is 50.3 Å². The fraction of sp³-hybridized carbons (Fsp3) is 0.378. The highest BCUT2D eigenvalue weighted by molar-refractivity contribution is 7.90. The average molecular weight is 819 g/mol. The highest BCUT2D eigenvalue weighted by Gasteiger charge is 2.32. The standard InChI is InChI=1S/C45H50N6O7S/c1-29(2)38-5-3-4-6-39(38)34-16-20-50(28-34)35-10-7-31(8-11-35)32-9-13-40(43(24-32)58-36-23-33-15-19-46-44(33)48-27-36)45(52)49-59(55,56)37-12-14-41(42(25-37)51(53)54)47-26-30-17-21-57-22-18-30/h3-7,9,12-15,19,23-25,27,29-30,34-35,47H,8,10-11,16-18,20-22,26,28H2,1-2H3,(H,46,48)(H,49,52)/t34-,35?/m0/s1. The Balaban J connectivity index is 1.01. The molecule has 3 aromatic carbocycles. The van der Waals surface area contributed by atoms with Gasteiger partial charge in [0.05, 0.1) is 21.6 Å². The molecule has 3 aliphatic rings. The number of H-pyrrole nitrogens is 1. The van der Waals surface area contributed by atoms with Gasteiger partial charge in [-0.05, 0) is 121 Å². The normalized spacial score (nSPS) is 19.1. The average Bonchev–Trinajstić information content (AvgIpc) is 3.94. The third-order valence-corrected chi connectivity index (χ3v) is 13.3. The molecule has 13 nitrogen and oxygen atoms in total. The molecule has 4 heterocycles. The molecule has 2 atom stereocenters. The number of aromatic amines is 1. The van der Waals surface area contributed by atoms with Gasteiger partial charge in [0.1, 0.15) is 22.8 Å². The summed E-state index contributed by atoms with van der Waals surface area (Å²) < 4.78 is 41.1. The number of pyridine rings is 1. The molecule has 8 rings (SSSR count). The lowest BCUT2D eigenvalue weighted by Crippen LogP contribution is -2.34. The summed E-state index contributed by atoms with van der Waals surface area (Å²) in [5, 5.41) is 16.0. The van der Waals surface area contributed by atoms with Gasteiger partial charge in [0.2, 0.25) is 0 Å². The summed E-state index contributed by atoms with van der Waals surface area (Å²) in [5.74, 6) is 0.875. The summed E-state index contributed by atoms with van der Waals surface area (Å²) in [5.41, 5.74) is 5.36. The third kappa shape index (κ3) is 9.04. The number of amides is 1. The molecule has 0 radical (unpaired) electrons. The number of nitro benzene ring substituents is 1. The lowest BCUT2D eigenvalue weighted by atomic mass is 9.88. The zero-order chi connectivity index (χ0) is 41.1. The first-order chi connectivity index (χ1) is 28.5. The van der Waals surface area contributed by atoms with Gasteiger partial charge in [0, 0.05) is 50.0 Å². The van der Waals surface area contributed by atoms with Gasteiger partial charge >= 0.3 is 0 Å². The fourth-order valence-corrected chi connectivity index (χ4v) is 9.70. The van der Waals surface area contributed by atoms with Gasteiger partial charge in [0.15, 0.2) is 0 Å². The Bertz CT molecular complexity index is 2490. The van der Waals surface area contributed by atoms with E-state index in [1.54, 1.807) is 24.4 Å². The van der Waals surface area contributed by atoms with E-state index in [1.165, 1.54) is 29.5 Å². The minimum atomic E-state index is -4.54. The monoisotopic (exact) mass is 818 g/mol. The Morgan fingerprint density at radius 1 is 1.05 bits per heavy atom. The van der Waals surface area contributed by atoms with E-state index in [-0.39, 0.29) is 22.9 Å². The van der Waals surface area contributed by atoms with Crippen molar-refractivity contribution in [1.82, 2.24) is 19.6 Å². The van der Waals surface area contributed by atoms with Gasteiger partial charge in [0.25, 0.3) is 21.6 Å². The highest BCUT2D eigenvalue weighted by Crippen LogP contribution is 2.39. The number of anilines is 1. The summed E-state index contributed by atoms with van der Waals surface area (Å²) in [6.45, 7) is 8.39. The molecule has 0 saturated carbocycles. The first-order valence-electron chi connectivity index (χ1n) is 20.5. The van der Waals surface area contributed by atoms with Crippen LogP contribution in [0.25, 0.3) is 16.6 Å². The van der Waals surface area contributed by atoms with Crippen molar-refractivity contribution in [2.24, 2.45) is 5.92 Å². The summed E-state index contributed by atoms with van der Waals surface area (Å²) >= 11 is 0. The second-order valence-electron chi connectivity index (χ2n) is 16.1. The van der Waals surface area contributed by atoms with Gasteiger partial charge < -0.3 is 19.8 Å². The van der Waals surface area contributed by atoms with Crippen molar-refractivity contribution in [3.05, 3.63) is 124 Å². The quantitative estimate of drug-likeness (QED) is 0.0772. The molecule has 308 valence electrons. The molecular weight excluding hydrogens is 769 g/mol.